The molecule has 1 aromatic carbocycles. The van der Waals surface area contributed by atoms with Crippen molar-refractivity contribution in [2.45, 2.75) is 117 Å². The van der Waals surface area contributed by atoms with Crippen LogP contribution in [-0.2, 0) is 37.3 Å². The van der Waals surface area contributed by atoms with Crippen LogP contribution in [0, 0.1) is 0 Å². The van der Waals surface area contributed by atoms with Crippen LogP contribution >= 0.6 is 6.12 Å². The summed E-state index contributed by atoms with van der Waals surface area (Å²) in [4.78, 5) is 11.8. The molecular weight excluding hydrogens is 415 g/mol. The maximum Gasteiger partial charge on any atom is 0.168 e. The van der Waals surface area contributed by atoms with Gasteiger partial charge in [0.15, 0.2) is 5.75 Å². The number of benzene rings is 1. The zero-order chi connectivity index (χ0) is 21.4. The summed E-state index contributed by atoms with van der Waals surface area (Å²) in [6.45, 7) is 4.51. The zero-order valence-corrected chi connectivity index (χ0v) is 21.2. The van der Waals surface area contributed by atoms with E-state index >= 15 is 0 Å². The maximum absolute atomic E-state index is 11.8. The zero-order valence-electron chi connectivity index (χ0n) is 18.6. The molecule has 1 aromatic rings. The highest BCUT2D eigenvalue weighted by atomic mass is 33.1. The smallest absolute Gasteiger partial charge is 0.168 e. The SMILES string of the molecule is CCCCCCCCCc1cc(CCCCCCCCC)cc(O[P+]([O-])([S-])[S-])c1. The largest absolute Gasteiger partial charge is 0.682 e. The topological polar surface area (TPSA) is 32.3 Å². The molecule has 0 amide bonds. The third-order valence-electron chi connectivity index (χ3n) is 5.38. The van der Waals surface area contributed by atoms with E-state index in [0.29, 0.717) is 5.75 Å². The van der Waals surface area contributed by atoms with Gasteiger partial charge in [-0.3, -0.25) is 0 Å². The third kappa shape index (κ3) is 15.5. The van der Waals surface area contributed by atoms with E-state index in [1.54, 1.807) is 0 Å². The van der Waals surface area contributed by atoms with Crippen LogP contribution in [0.3, 0.4) is 0 Å². The Bertz CT molecular complexity index is 496. The van der Waals surface area contributed by atoms with E-state index < -0.39 is 6.12 Å². The lowest BCUT2D eigenvalue weighted by Crippen LogP contribution is -2.09. The van der Waals surface area contributed by atoms with Gasteiger partial charge in [-0.15, -0.1) is 6.12 Å². The molecule has 168 valence electrons. The average Bonchev–Trinajstić information content (AvgIpc) is 2.65. The summed E-state index contributed by atoms with van der Waals surface area (Å²) in [5.74, 6) is 0.594. The second-order valence-corrected chi connectivity index (χ2v) is 12.9. The number of unbranched alkanes of at least 4 members (excludes halogenated alkanes) is 12. The van der Waals surface area contributed by atoms with Crippen molar-refractivity contribution in [2.24, 2.45) is 0 Å². The summed E-state index contributed by atoms with van der Waals surface area (Å²) in [7, 11) is 0. The predicted octanol–water partition coefficient (Wildman–Crippen LogP) is 7.78. The Morgan fingerprint density at radius 1 is 0.655 bits per heavy atom. The molecule has 0 aromatic heterocycles. The van der Waals surface area contributed by atoms with Crippen LogP contribution in [0.5, 0.6) is 5.75 Å². The molecule has 0 bridgehead atoms. The molecule has 0 N–H and O–H groups in total. The normalized spacial score (nSPS) is 11.8. The predicted molar refractivity (Wildman–Crippen MR) is 132 cm³/mol. The van der Waals surface area contributed by atoms with E-state index in [1.165, 1.54) is 101 Å². The Morgan fingerprint density at radius 3 is 1.41 bits per heavy atom. The summed E-state index contributed by atoms with van der Waals surface area (Å²) < 4.78 is 5.41. The number of rotatable bonds is 18. The fourth-order valence-electron chi connectivity index (χ4n) is 3.77. The molecule has 0 heterocycles. The van der Waals surface area contributed by atoms with E-state index in [1.807, 2.05) is 12.1 Å². The van der Waals surface area contributed by atoms with Gasteiger partial charge >= 0.3 is 0 Å². The van der Waals surface area contributed by atoms with Gasteiger partial charge in [0.2, 0.25) is 0 Å². The molecule has 0 aliphatic heterocycles. The van der Waals surface area contributed by atoms with Gasteiger partial charge < -0.3 is 33.9 Å². The molecule has 0 aliphatic rings. The van der Waals surface area contributed by atoms with Gasteiger partial charge in [-0.25, -0.2) is 0 Å². The quantitative estimate of drug-likeness (QED) is 0.128. The first-order valence-electron chi connectivity index (χ1n) is 11.8. The van der Waals surface area contributed by atoms with E-state index in [4.69, 9.17) is 29.0 Å². The van der Waals surface area contributed by atoms with Gasteiger partial charge in [-0.1, -0.05) is 97.0 Å². The molecule has 0 fully saturated rings. The van der Waals surface area contributed by atoms with Crippen molar-refractivity contribution in [1.29, 1.82) is 0 Å². The van der Waals surface area contributed by atoms with Crippen LogP contribution in [-0.4, -0.2) is 0 Å². The van der Waals surface area contributed by atoms with Gasteiger partial charge in [0.05, 0.1) is 0 Å². The lowest BCUT2D eigenvalue weighted by Gasteiger charge is -2.42. The molecule has 29 heavy (non-hydrogen) atoms. The highest BCUT2D eigenvalue weighted by molar-refractivity contribution is 8.69. The summed E-state index contributed by atoms with van der Waals surface area (Å²) in [5, 5.41) is 0. The Kier molecular flexibility index (Phi) is 15.7. The molecule has 1 rings (SSSR count). The minimum absolute atomic E-state index is 0.594. The van der Waals surface area contributed by atoms with Crippen LogP contribution in [0.4, 0.5) is 0 Å². The third-order valence-corrected chi connectivity index (χ3v) is 6.26. The standard InChI is InChI=1S/C24H43O2PS2/c1-3-5-7-9-11-13-15-17-22-19-23(18-16-14-12-10-8-6-4-2)21-24(20-22)26-27(25,28)29/h19-21H,3-18H2,1-2H3,(H2,25,28,29)/p-2. The molecule has 0 atom stereocenters. The Morgan fingerprint density at radius 2 is 1.03 bits per heavy atom. The van der Waals surface area contributed by atoms with Crippen molar-refractivity contribution < 1.29 is 9.42 Å². The Balaban J connectivity index is 2.49. The van der Waals surface area contributed by atoms with Crippen LogP contribution in [0.25, 0.3) is 0 Å². The minimum atomic E-state index is -3.36. The number of hydrogen-bond acceptors (Lipinski definition) is 4. The molecule has 0 radical (unpaired) electrons. The van der Waals surface area contributed by atoms with E-state index in [-0.39, 0.29) is 0 Å². The molecule has 0 aliphatic carbocycles. The van der Waals surface area contributed by atoms with Crippen LogP contribution < -0.4 is 9.42 Å². The van der Waals surface area contributed by atoms with Gasteiger partial charge in [0.25, 0.3) is 0 Å². The van der Waals surface area contributed by atoms with Crippen molar-refractivity contribution in [1.82, 2.24) is 0 Å². The van der Waals surface area contributed by atoms with Gasteiger partial charge in [-0.2, -0.15) is 0 Å². The Hall–Kier alpha value is 0.110. The molecular formula is C24H41O2PS2-2. The minimum Gasteiger partial charge on any atom is -0.682 e. The Labute approximate surface area is 191 Å². The fourth-order valence-corrected chi connectivity index (χ4v) is 4.65. The first-order chi connectivity index (χ1) is 13.9. The summed E-state index contributed by atoms with van der Waals surface area (Å²) in [6, 6.07) is 6.26. The molecule has 0 unspecified atom stereocenters. The van der Waals surface area contributed by atoms with E-state index in [9.17, 15) is 4.89 Å². The summed E-state index contributed by atoms with van der Waals surface area (Å²) in [5.41, 5.74) is 2.51. The number of aryl methyl sites for hydroxylation is 2. The molecule has 0 saturated carbocycles. The average molecular weight is 457 g/mol. The summed E-state index contributed by atoms with van der Waals surface area (Å²) >= 11 is 9.63. The molecule has 2 nitrogen and oxygen atoms in total. The first-order valence-corrected chi connectivity index (χ1v) is 15.4. The fraction of sp³-hybridized carbons (Fsp3) is 0.750. The number of hydrogen-bond donors (Lipinski definition) is 0. The van der Waals surface area contributed by atoms with Crippen molar-refractivity contribution in [3.63, 3.8) is 0 Å². The van der Waals surface area contributed by atoms with Gasteiger partial charge in [0.1, 0.15) is 0 Å². The van der Waals surface area contributed by atoms with Gasteiger partial charge in [-0.05, 0) is 48.9 Å². The van der Waals surface area contributed by atoms with Crippen molar-refractivity contribution in [3.05, 3.63) is 29.3 Å². The van der Waals surface area contributed by atoms with Crippen LogP contribution in [0.1, 0.15) is 115 Å². The highest BCUT2D eigenvalue weighted by Gasteiger charge is 2.06. The monoisotopic (exact) mass is 456 g/mol. The molecule has 0 spiro atoms. The lowest BCUT2D eigenvalue weighted by atomic mass is 9.99. The van der Waals surface area contributed by atoms with Crippen molar-refractivity contribution >= 4 is 30.6 Å². The second kappa shape index (κ2) is 16.8. The molecule has 0 saturated heterocycles. The van der Waals surface area contributed by atoms with Crippen molar-refractivity contribution in [2.75, 3.05) is 0 Å². The molecule has 5 heteroatoms. The van der Waals surface area contributed by atoms with Crippen molar-refractivity contribution in [3.8, 4) is 5.75 Å². The van der Waals surface area contributed by atoms with E-state index in [0.717, 1.165) is 12.8 Å². The first kappa shape index (κ1) is 27.1. The van der Waals surface area contributed by atoms with Crippen LogP contribution in [0.15, 0.2) is 18.2 Å². The second-order valence-electron chi connectivity index (χ2n) is 8.27. The van der Waals surface area contributed by atoms with Gasteiger partial charge in [0, 0.05) is 0 Å². The lowest BCUT2D eigenvalue weighted by molar-refractivity contribution is -0.169. The highest BCUT2D eigenvalue weighted by Crippen LogP contribution is 2.46. The van der Waals surface area contributed by atoms with E-state index in [2.05, 4.69) is 19.9 Å². The summed E-state index contributed by atoms with van der Waals surface area (Å²) in [6.07, 6.45) is 16.9. The maximum atomic E-state index is 11.8. The van der Waals surface area contributed by atoms with Crippen LogP contribution in [0.2, 0.25) is 0 Å².